The van der Waals surface area contributed by atoms with Crippen molar-refractivity contribution in [2.24, 2.45) is 7.05 Å². The zero-order valence-corrected chi connectivity index (χ0v) is 16.0. The first-order chi connectivity index (χ1) is 13.6. The molecule has 2 heterocycles. The van der Waals surface area contributed by atoms with E-state index in [0.717, 1.165) is 28.1 Å². The second-order valence-electron chi connectivity index (χ2n) is 6.63. The summed E-state index contributed by atoms with van der Waals surface area (Å²) in [6, 6.07) is 14.8. The van der Waals surface area contributed by atoms with Gasteiger partial charge in [0.1, 0.15) is 23.2 Å². The third kappa shape index (κ3) is 3.13. The van der Waals surface area contributed by atoms with Crippen LogP contribution >= 0.6 is 0 Å². The van der Waals surface area contributed by atoms with Crippen molar-refractivity contribution in [2.45, 2.75) is 13.0 Å². The number of imidazole rings is 1. The van der Waals surface area contributed by atoms with E-state index < -0.39 is 6.04 Å². The minimum atomic E-state index is -0.425. The molecule has 2 aromatic heterocycles. The molecule has 0 bridgehead atoms. The number of nitrogens with one attached hydrogen (secondary N) is 1. The number of carbonyl (C=O) groups excluding carboxylic acids is 1. The van der Waals surface area contributed by atoms with E-state index >= 15 is 0 Å². The topological polar surface area (TPSA) is 69.3 Å². The Kier molecular flexibility index (Phi) is 4.61. The quantitative estimate of drug-likeness (QED) is 0.572. The molecule has 0 aliphatic carbocycles. The summed E-state index contributed by atoms with van der Waals surface area (Å²) in [5.41, 5.74) is 2.42. The number of ether oxygens (including phenoxy) is 1. The molecule has 2 aromatic carbocycles. The summed E-state index contributed by atoms with van der Waals surface area (Å²) in [6.07, 6.45) is 3.56. The molecule has 0 aliphatic heterocycles. The van der Waals surface area contributed by atoms with E-state index in [-0.39, 0.29) is 5.91 Å². The van der Waals surface area contributed by atoms with Crippen LogP contribution in [0.1, 0.15) is 33.5 Å². The molecule has 1 atom stereocenters. The van der Waals surface area contributed by atoms with Gasteiger partial charge in [-0.2, -0.15) is 0 Å². The molecule has 1 amide bonds. The van der Waals surface area contributed by atoms with Crippen LogP contribution < -0.4 is 10.1 Å². The van der Waals surface area contributed by atoms with Crippen LogP contribution in [0.5, 0.6) is 5.75 Å². The normalized spacial score (nSPS) is 12.1. The monoisotopic (exact) mass is 375 g/mol. The van der Waals surface area contributed by atoms with E-state index in [4.69, 9.17) is 9.15 Å². The van der Waals surface area contributed by atoms with Gasteiger partial charge in [0.25, 0.3) is 5.91 Å². The minimum absolute atomic E-state index is 0.280. The third-order valence-electron chi connectivity index (χ3n) is 4.89. The van der Waals surface area contributed by atoms with E-state index in [9.17, 15) is 4.79 Å². The zero-order valence-electron chi connectivity index (χ0n) is 16.0. The van der Waals surface area contributed by atoms with Gasteiger partial charge >= 0.3 is 0 Å². The molecule has 0 saturated carbocycles. The summed E-state index contributed by atoms with van der Waals surface area (Å²) >= 11 is 0. The molecular formula is C22H21N3O3. The fraction of sp³-hybridized carbons (Fsp3) is 0.182. The number of rotatable bonds is 5. The summed E-state index contributed by atoms with van der Waals surface area (Å²) in [7, 11) is 3.52. The number of fused-ring (bicyclic) bond motifs is 1. The van der Waals surface area contributed by atoms with Crippen LogP contribution in [0, 0.1) is 6.92 Å². The lowest BCUT2D eigenvalue weighted by molar-refractivity contribution is 0.0914. The lowest BCUT2D eigenvalue weighted by Crippen LogP contribution is -2.31. The molecule has 1 N–H and O–H groups in total. The fourth-order valence-corrected chi connectivity index (χ4v) is 3.34. The van der Waals surface area contributed by atoms with Crippen molar-refractivity contribution in [3.8, 4) is 5.75 Å². The van der Waals surface area contributed by atoms with Crippen molar-refractivity contribution in [3.63, 3.8) is 0 Å². The number of benzene rings is 2. The molecule has 0 radical (unpaired) electrons. The van der Waals surface area contributed by atoms with Gasteiger partial charge in [0.2, 0.25) is 0 Å². The summed E-state index contributed by atoms with van der Waals surface area (Å²) in [4.78, 5) is 17.5. The molecule has 28 heavy (non-hydrogen) atoms. The van der Waals surface area contributed by atoms with Crippen molar-refractivity contribution in [3.05, 3.63) is 83.6 Å². The second kappa shape index (κ2) is 7.23. The molecule has 0 spiro atoms. The fourth-order valence-electron chi connectivity index (χ4n) is 3.34. The van der Waals surface area contributed by atoms with Gasteiger partial charge < -0.3 is 19.0 Å². The van der Waals surface area contributed by atoms with Gasteiger partial charge in [-0.25, -0.2) is 4.98 Å². The Balaban J connectivity index is 1.71. The Bertz CT molecular complexity index is 1130. The Labute approximate surface area is 162 Å². The van der Waals surface area contributed by atoms with Gasteiger partial charge in [-0.15, -0.1) is 0 Å². The highest BCUT2D eigenvalue weighted by Crippen LogP contribution is 2.27. The van der Waals surface area contributed by atoms with Crippen molar-refractivity contribution in [2.75, 3.05) is 7.11 Å². The van der Waals surface area contributed by atoms with Crippen molar-refractivity contribution >= 4 is 16.9 Å². The van der Waals surface area contributed by atoms with Gasteiger partial charge in [-0.05, 0) is 30.7 Å². The van der Waals surface area contributed by atoms with Gasteiger partial charge in [0.05, 0.1) is 7.11 Å². The summed E-state index contributed by atoms with van der Waals surface area (Å²) in [5.74, 6) is 1.51. The van der Waals surface area contributed by atoms with E-state index in [1.165, 1.54) is 0 Å². The zero-order chi connectivity index (χ0) is 19.7. The smallest absolute Gasteiger partial charge is 0.288 e. The van der Waals surface area contributed by atoms with Crippen LogP contribution in [0.15, 0.2) is 65.3 Å². The molecular weight excluding hydrogens is 354 g/mol. The maximum Gasteiger partial charge on any atom is 0.288 e. The van der Waals surface area contributed by atoms with Gasteiger partial charge in [-0.3, -0.25) is 4.79 Å². The number of methoxy groups -OCH3 is 1. The Morgan fingerprint density at radius 3 is 2.57 bits per heavy atom. The van der Waals surface area contributed by atoms with Crippen molar-refractivity contribution < 1.29 is 13.9 Å². The highest BCUT2D eigenvalue weighted by atomic mass is 16.5. The molecule has 0 fully saturated rings. The molecule has 142 valence electrons. The number of carbonyl (C=O) groups is 1. The highest BCUT2D eigenvalue weighted by molar-refractivity contribution is 5.99. The van der Waals surface area contributed by atoms with E-state index in [1.807, 2.05) is 73.3 Å². The highest BCUT2D eigenvalue weighted by Gasteiger charge is 2.25. The Hall–Kier alpha value is -3.54. The molecule has 1 unspecified atom stereocenters. The van der Waals surface area contributed by atoms with Crippen LogP contribution in [0.3, 0.4) is 0 Å². The van der Waals surface area contributed by atoms with Crippen LogP contribution in [-0.4, -0.2) is 22.6 Å². The summed E-state index contributed by atoms with van der Waals surface area (Å²) in [6.45, 7) is 1.89. The molecule has 0 aliphatic rings. The first-order valence-corrected chi connectivity index (χ1v) is 8.98. The van der Waals surface area contributed by atoms with Gasteiger partial charge in [0.15, 0.2) is 5.76 Å². The standard InChI is InChI=1S/C22H21N3O3/c1-14-17-6-4-5-7-18(17)28-20(14)22(26)24-19(21-23-12-13-25(21)2)15-8-10-16(27-3)11-9-15/h4-13,19H,1-3H3,(H,24,26). The average molecular weight is 375 g/mol. The number of para-hydroxylation sites is 1. The number of hydrogen-bond donors (Lipinski definition) is 1. The van der Waals surface area contributed by atoms with Gasteiger partial charge in [-0.1, -0.05) is 30.3 Å². The first kappa shape index (κ1) is 17.9. The first-order valence-electron chi connectivity index (χ1n) is 8.98. The summed E-state index contributed by atoms with van der Waals surface area (Å²) in [5, 5.41) is 4.01. The predicted octanol–water partition coefficient (Wildman–Crippen LogP) is 4.00. The third-order valence-corrected chi connectivity index (χ3v) is 4.89. The number of aryl methyl sites for hydroxylation is 2. The van der Waals surface area contributed by atoms with Crippen LogP contribution in [-0.2, 0) is 7.05 Å². The Morgan fingerprint density at radius 1 is 1.18 bits per heavy atom. The van der Waals surface area contributed by atoms with Crippen molar-refractivity contribution in [1.29, 1.82) is 0 Å². The average Bonchev–Trinajstić information content (AvgIpc) is 3.30. The maximum atomic E-state index is 13.1. The van der Waals surface area contributed by atoms with Gasteiger partial charge in [0, 0.05) is 30.4 Å². The van der Waals surface area contributed by atoms with E-state index in [2.05, 4.69) is 10.3 Å². The molecule has 0 saturated heterocycles. The molecule has 4 rings (SSSR count). The molecule has 6 nitrogen and oxygen atoms in total. The van der Waals surface area contributed by atoms with Crippen LogP contribution in [0.4, 0.5) is 0 Å². The predicted molar refractivity (Wildman–Crippen MR) is 106 cm³/mol. The number of aromatic nitrogens is 2. The molecule has 6 heteroatoms. The number of nitrogens with zero attached hydrogens (tertiary/aromatic N) is 2. The lowest BCUT2D eigenvalue weighted by Gasteiger charge is -2.19. The van der Waals surface area contributed by atoms with Crippen LogP contribution in [0.2, 0.25) is 0 Å². The number of furan rings is 1. The van der Waals surface area contributed by atoms with E-state index in [0.29, 0.717) is 11.3 Å². The number of amides is 1. The largest absolute Gasteiger partial charge is 0.497 e. The lowest BCUT2D eigenvalue weighted by atomic mass is 10.1. The maximum absolute atomic E-state index is 13.1. The number of hydrogen-bond acceptors (Lipinski definition) is 4. The summed E-state index contributed by atoms with van der Waals surface area (Å²) < 4.78 is 13.0. The van der Waals surface area contributed by atoms with Crippen molar-refractivity contribution in [1.82, 2.24) is 14.9 Å². The minimum Gasteiger partial charge on any atom is -0.497 e. The SMILES string of the molecule is COc1ccc(C(NC(=O)c2oc3ccccc3c2C)c2nccn2C)cc1. The Morgan fingerprint density at radius 2 is 1.93 bits per heavy atom. The second-order valence-corrected chi connectivity index (χ2v) is 6.63. The van der Waals surface area contributed by atoms with Crippen LogP contribution in [0.25, 0.3) is 11.0 Å². The molecule has 4 aromatic rings. The van der Waals surface area contributed by atoms with E-state index in [1.54, 1.807) is 13.3 Å².